The van der Waals surface area contributed by atoms with E-state index in [-0.39, 0.29) is 17.5 Å². The number of carbonyl (C=O) groups excluding carboxylic acids is 1. The molecule has 2 aromatic rings. The van der Waals surface area contributed by atoms with Gasteiger partial charge in [0.2, 0.25) is 5.95 Å². The maximum Gasteiger partial charge on any atom is 0.251 e. The highest BCUT2D eigenvalue weighted by molar-refractivity contribution is 7.98. The largest absolute Gasteiger partial charge is 0.346 e. The molecule has 0 spiro atoms. The van der Waals surface area contributed by atoms with Crippen LogP contribution in [0, 0.1) is 5.95 Å². The molecule has 1 aromatic carbocycles. The number of nitrogens with zero attached hydrogens (tertiary/aromatic N) is 1. The Bertz CT molecular complexity index is 601. The van der Waals surface area contributed by atoms with Crippen molar-refractivity contribution in [1.82, 2.24) is 10.3 Å². The maximum atomic E-state index is 13.0. The van der Waals surface area contributed by atoms with E-state index in [1.807, 2.05) is 37.4 Å². The highest BCUT2D eigenvalue weighted by atomic mass is 32.2. The first kappa shape index (κ1) is 14.5. The Labute approximate surface area is 121 Å². The molecule has 0 aliphatic rings. The van der Waals surface area contributed by atoms with E-state index in [0.29, 0.717) is 0 Å². The number of pyridine rings is 1. The number of carbonyl (C=O) groups is 1. The third-order valence-corrected chi connectivity index (χ3v) is 3.70. The van der Waals surface area contributed by atoms with E-state index in [0.717, 1.165) is 11.6 Å². The Morgan fingerprint density at radius 3 is 2.60 bits per heavy atom. The summed E-state index contributed by atoms with van der Waals surface area (Å²) in [5, 5.41) is 2.84. The number of aromatic nitrogens is 1. The molecule has 0 aliphatic carbocycles. The van der Waals surface area contributed by atoms with Crippen LogP contribution < -0.4 is 5.32 Å². The lowest BCUT2D eigenvalue weighted by molar-refractivity contribution is 0.0939. The zero-order chi connectivity index (χ0) is 14.5. The fourth-order valence-electron chi connectivity index (χ4n) is 1.80. The summed E-state index contributed by atoms with van der Waals surface area (Å²) in [5.41, 5.74) is 1.27. The minimum atomic E-state index is -0.658. The molecule has 104 valence electrons. The Morgan fingerprint density at radius 1 is 1.30 bits per heavy atom. The van der Waals surface area contributed by atoms with E-state index in [9.17, 15) is 9.18 Å². The lowest BCUT2D eigenvalue weighted by Crippen LogP contribution is -2.26. The first-order valence-electron chi connectivity index (χ1n) is 6.16. The molecule has 5 heteroatoms. The van der Waals surface area contributed by atoms with Crippen LogP contribution in [0.1, 0.15) is 28.9 Å². The van der Waals surface area contributed by atoms with E-state index in [4.69, 9.17) is 0 Å². The molecule has 0 bridgehead atoms. The van der Waals surface area contributed by atoms with Gasteiger partial charge in [-0.25, -0.2) is 4.98 Å². The molecule has 1 heterocycles. The van der Waals surface area contributed by atoms with Gasteiger partial charge in [0.15, 0.2) is 0 Å². The number of nitrogens with one attached hydrogen (secondary N) is 1. The lowest BCUT2D eigenvalue weighted by Gasteiger charge is -2.14. The van der Waals surface area contributed by atoms with Gasteiger partial charge in [0.1, 0.15) is 0 Å². The van der Waals surface area contributed by atoms with Crippen LogP contribution in [0.2, 0.25) is 0 Å². The van der Waals surface area contributed by atoms with Crippen LogP contribution in [0.25, 0.3) is 0 Å². The Morgan fingerprint density at radius 2 is 2.00 bits per heavy atom. The molecule has 20 heavy (non-hydrogen) atoms. The van der Waals surface area contributed by atoms with E-state index < -0.39 is 5.95 Å². The fourth-order valence-corrected chi connectivity index (χ4v) is 2.21. The molecule has 1 amide bonds. The third kappa shape index (κ3) is 3.57. The van der Waals surface area contributed by atoms with Gasteiger partial charge in [0.25, 0.3) is 5.91 Å². The van der Waals surface area contributed by atoms with Crippen LogP contribution in [0.15, 0.2) is 47.5 Å². The molecule has 0 radical (unpaired) electrons. The minimum Gasteiger partial charge on any atom is -0.346 e. The smallest absolute Gasteiger partial charge is 0.251 e. The molecule has 0 fully saturated rings. The third-order valence-electron chi connectivity index (χ3n) is 2.95. The van der Waals surface area contributed by atoms with Crippen LogP contribution in [-0.2, 0) is 0 Å². The first-order chi connectivity index (χ1) is 9.60. The Kier molecular flexibility index (Phi) is 4.74. The van der Waals surface area contributed by atoms with Crippen LogP contribution in [0.5, 0.6) is 0 Å². The van der Waals surface area contributed by atoms with Crippen molar-refractivity contribution >= 4 is 17.7 Å². The fraction of sp³-hybridized carbons (Fsp3) is 0.200. The monoisotopic (exact) mass is 290 g/mol. The summed E-state index contributed by atoms with van der Waals surface area (Å²) in [6.07, 6.45) is 3.29. The van der Waals surface area contributed by atoms with Gasteiger partial charge in [-0.05, 0) is 36.9 Å². The summed E-state index contributed by atoms with van der Waals surface area (Å²) in [5.74, 6) is -0.970. The Hall–Kier alpha value is -1.88. The van der Waals surface area contributed by atoms with E-state index in [1.165, 1.54) is 17.2 Å². The summed E-state index contributed by atoms with van der Waals surface area (Å²) in [6, 6.07) is 10.4. The number of hydrogen-bond donors (Lipinski definition) is 1. The maximum absolute atomic E-state index is 13.0. The molecule has 1 atom stereocenters. The number of thioether (sulfide) groups is 1. The van der Waals surface area contributed by atoms with Gasteiger partial charge in [-0.1, -0.05) is 12.1 Å². The molecule has 1 N–H and O–H groups in total. The van der Waals surface area contributed by atoms with E-state index >= 15 is 0 Å². The molecule has 2 rings (SSSR count). The van der Waals surface area contributed by atoms with Crippen LogP contribution in [0.3, 0.4) is 0 Å². The number of rotatable bonds is 4. The van der Waals surface area contributed by atoms with Gasteiger partial charge >= 0.3 is 0 Å². The second-order valence-electron chi connectivity index (χ2n) is 4.34. The predicted octanol–water partition coefficient (Wildman–Crippen LogP) is 3.43. The van der Waals surface area contributed by atoms with E-state index in [1.54, 1.807) is 11.8 Å². The number of benzene rings is 1. The molecule has 0 saturated heterocycles. The van der Waals surface area contributed by atoms with Crippen LogP contribution in [0.4, 0.5) is 4.39 Å². The molecule has 1 aromatic heterocycles. The molecular formula is C15H15FN2OS. The van der Waals surface area contributed by atoms with Gasteiger partial charge in [-0.3, -0.25) is 4.79 Å². The minimum absolute atomic E-state index is 0.144. The van der Waals surface area contributed by atoms with Gasteiger partial charge in [-0.15, -0.1) is 11.8 Å². The molecular weight excluding hydrogens is 275 g/mol. The predicted molar refractivity (Wildman–Crippen MR) is 78.3 cm³/mol. The number of amides is 1. The lowest BCUT2D eigenvalue weighted by atomic mass is 10.1. The summed E-state index contributed by atoms with van der Waals surface area (Å²) in [7, 11) is 0. The van der Waals surface area contributed by atoms with Crippen molar-refractivity contribution in [3.63, 3.8) is 0 Å². The zero-order valence-corrected chi connectivity index (χ0v) is 12.1. The Balaban J connectivity index is 2.06. The van der Waals surface area contributed by atoms with Gasteiger partial charge in [0, 0.05) is 22.7 Å². The summed E-state index contributed by atoms with van der Waals surface area (Å²) in [4.78, 5) is 16.6. The first-order valence-corrected chi connectivity index (χ1v) is 7.39. The standard InChI is InChI=1S/C15H15FN2OS/c1-10(11-3-5-13(20-2)6-4-11)18-15(19)12-7-8-17-14(16)9-12/h3-10H,1-2H3,(H,18,19). The van der Waals surface area contributed by atoms with Crippen molar-refractivity contribution < 1.29 is 9.18 Å². The normalized spacial score (nSPS) is 11.9. The summed E-state index contributed by atoms with van der Waals surface area (Å²) >= 11 is 1.67. The number of halogens is 1. The highest BCUT2D eigenvalue weighted by Gasteiger charge is 2.12. The summed E-state index contributed by atoms with van der Waals surface area (Å²) in [6.45, 7) is 1.89. The molecule has 3 nitrogen and oxygen atoms in total. The van der Waals surface area contributed by atoms with Crippen molar-refractivity contribution in [2.45, 2.75) is 17.9 Å². The number of hydrogen-bond acceptors (Lipinski definition) is 3. The zero-order valence-electron chi connectivity index (χ0n) is 11.3. The van der Waals surface area contributed by atoms with Crippen molar-refractivity contribution in [2.75, 3.05) is 6.26 Å². The second-order valence-corrected chi connectivity index (χ2v) is 5.22. The quantitative estimate of drug-likeness (QED) is 0.693. The molecule has 1 unspecified atom stereocenters. The van der Waals surface area contributed by atoms with E-state index in [2.05, 4.69) is 10.3 Å². The highest BCUT2D eigenvalue weighted by Crippen LogP contribution is 2.19. The average Bonchev–Trinajstić information content (AvgIpc) is 2.47. The van der Waals surface area contributed by atoms with Crippen LogP contribution >= 0.6 is 11.8 Å². The summed E-state index contributed by atoms with van der Waals surface area (Å²) < 4.78 is 13.0. The van der Waals surface area contributed by atoms with Crippen molar-refractivity contribution in [1.29, 1.82) is 0 Å². The van der Waals surface area contributed by atoms with Gasteiger partial charge in [-0.2, -0.15) is 4.39 Å². The molecule has 0 aliphatic heterocycles. The van der Waals surface area contributed by atoms with Gasteiger partial charge in [0.05, 0.1) is 6.04 Å². The average molecular weight is 290 g/mol. The van der Waals surface area contributed by atoms with Crippen LogP contribution in [-0.4, -0.2) is 17.1 Å². The van der Waals surface area contributed by atoms with Crippen molar-refractivity contribution in [3.05, 3.63) is 59.7 Å². The van der Waals surface area contributed by atoms with Crippen molar-refractivity contribution in [3.8, 4) is 0 Å². The SMILES string of the molecule is CSc1ccc(C(C)NC(=O)c2ccnc(F)c2)cc1. The van der Waals surface area contributed by atoms with Gasteiger partial charge < -0.3 is 5.32 Å². The topological polar surface area (TPSA) is 42.0 Å². The molecule has 0 saturated carbocycles. The van der Waals surface area contributed by atoms with Crippen molar-refractivity contribution in [2.24, 2.45) is 0 Å². The second kappa shape index (κ2) is 6.52.